The summed E-state index contributed by atoms with van der Waals surface area (Å²) in [6, 6.07) is 16.3. The van der Waals surface area contributed by atoms with Crippen molar-refractivity contribution < 1.29 is 9.84 Å². The second kappa shape index (κ2) is 7.11. The highest BCUT2D eigenvalue weighted by Gasteiger charge is 2.24. The number of halogens is 1. The highest BCUT2D eigenvalue weighted by atomic mass is 79.9. The Labute approximate surface area is 172 Å². The standard InChI is InChI=1S/C20H12BrN3O3S/c1-27-14-8-6-13(7-9-14)24-15-10-16(11-2-4-12(21)5-3-11)28-19(15)18(25)17(23-22)20(24)26/h2-10H,1H3. The molecule has 0 saturated heterocycles. The Hall–Kier alpha value is -3.15. The lowest BCUT2D eigenvalue weighted by Crippen LogP contribution is -2.12. The Morgan fingerprint density at radius 2 is 1.82 bits per heavy atom. The van der Waals surface area contributed by atoms with Crippen molar-refractivity contribution in [3.63, 3.8) is 0 Å². The zero-order valence-electron chi connectivity index (χ0n) is 14.5. The summed E-state index contributed by atoms with van der Waals surface area (Å²) in [6.07, 6.45) is 0. The fourth-order valence-corrected chi connectivity index (χ4v) is 4.32. The van der Waals surface area contributed by atoms with Crippen LogP contribution in [0, 0.1) is 5.39 Å². The van der Waals surface area contributed by atoms with Crippen LogP contribution < -0.4 is 15.3 Å². The molecule has 0 aliphatic carbocycles. The maximum absolute atomic E-state index is 12.9. The second-order valence-corrected chi connectivity index (χ2v) is 7.92. The van der Waals surface area contributed by atoms with E-state index in [9.17, 15) is 15.3 Å². The smallest absolute Gasteiger partial charge is 0.442 e. The van der Waals surface area contributed by atoms with Crippen LogP contribution in [0.2, 0.25) is 0 Å². The molecule has 0 atom stereocenters. The quantitative estimate of drug-likeness (QED) is 0.406. The number of hydrogen-bond acceptors (Lipinski definition) is 5. The molecule has 0 unspecified atom stereocenters. The van der Waals surface area contributed by atoms with Gasteiger partial charge in [-0.15, -0.1) is 11.3 Å². The summed E-state index contributed by atoms with van der Waals surface area (Å²) in [5, 5.41) is 22.1. The third-order valence-corrected chi connectivity index (χ3v) is 6.04. The average molecular weight is 454 g/mol. The zero-order valence-corrected chi connectivity index (χ0v) is 17.0. The molecule has 138 valence electrons. The van der Waals surface area contributed by atoms with Crippen molar-refractivity contribution in [3.05, 3.63) is 74.3 Å². The van der Waals surface area contributed by atoms with E-state index >= 15 is 0 Å². The Morgan fingerprint density at radius 1 is 1.14 bits per heavy atom. The van der Waals surface area contributed by atoms with Crippen LogP contribution in [-0.2, 0) is 0 Å². The maximum Gasteiger partial charge on any atom is 0.442 e. The van der Waals surface area contributed by atoms with Crippen molar-refractivity contribution in [1.29, 1.82) is 5.39 Å². The lowest BCUT2D eigenvalue weighted by atomic mass is 10.2. The summed E-state index contributed by atoms with van der Waals surface area (Å²) in [5.74, 6) is -0.0354. The van der Waals surface area contributed by atoms with E-state index in [0.29, 0.717) is 21.7 Å². The van der Waals surface area contributed by atoms with Crippen LogP contribution in [0.15, 0.2) is 63.9 Å². The zero-order chi connectivity index (χ0) is 19.8. The first-order chi connectivity index (χ1) is 13.5. The number of methoxy groups -OCH3 is 1. The molecule has 4 rings (SSSR count). The molecule has 2 aromatic heterocycles. The molecular weight excluding hydrogens is 442 g/mol. The summed E-state index contributed by atoms with van der Waals surface area (Å²) >= 11 is 4.66. The van der Waals surface area contributed by atoms with Gasteiger partial charge in [0.25, 0.3) is 5.43 Å². The van der Waals surface area contributed by atoms with Crippen LogP contribution in [-0.4, -0.2) is 11.7 Å². The fraction of sp³-hybridized carbons (Fsp3) is 0.0500. The lowest BCUT2D eigenvalue weighted by molar-refractivity contribution is -0.275. The normalized spacial score (nSPS) is 10.8. The summed E-state index contributed by atoms with van der Waals surface area (Å²) in [6.45, 7) is 0. The predicted molar refractivity (Wildman–Crippen MR) is 111 cm³/mol. The molecule has 2 heterocycles. The molecule has 6 nitrogen and oxygen atoms in total. The van der Waals surface area contributed by atoms with Crippen molar-refractivity contribution in [1.82, 2.24) is 4.57 Å². The second-order valence-electron chi connectivity index (χ2n) is 5.95. The largest absolute Gasteiger partial charge is 0.854 e. The molecule has 4 aromatic rings. The number of aromatic nitrogens is 1. The molecule has 0 bridgehead atoms. The first-order valence-corrected chi connectivity index (χ1v) is 9.79. The Balaban J connectivity index is 2.03. The number of nitrogens with zero attached hydrogens (tertiary/aromatic N) is 3. The molecule has 0 saturated carbocycles. The summed E-state index contributed by atoms with van der Waals surface area (Å²) < 4.78 is 7.83. The lowest BCUT2D eigenvalue weighted by Gasteiger charge is -2.16. The van der Waals surface area contributed by atoms with Gasteiger partial charge in [0.2, 0.25) is 5.39 Å². The van der Waals surface area contributed by atoms with E-state index in [0.717, 1.165) is 14.9 Å². The number of fused-ring (bicyclic) bond motifs is 1. The molecule has 0 N–H and O–H groups in total. The van der Waals surface area contributed by atoms with Crippen LogP contribution in [0.3, 0.4) is 0 Å². The number of rotatable bonds is 3. The van der Waals surface area contributed by atoms with Gasteiger partial charge in [-0.3, -0.25) is 4.79 Å². The molecule has 8 heteroatoms. The van der Waals surface area contributed by atoms with Crippen LogP contribution in [0.4, 0.5) is 5.69 Å². The van der Waals surface area contributed by atoms with E-state index in [1.165, 1.54) is 15.9 Å². The first kappa shape index (κ1) is 18.2. The summed E-state index contributed by atoms with van der Waals surface area (Å²) in [5.41, 5.74) is 0.838. The van der Waals surface area contributed by atoms with Crippen LogP contribution in [0.1, 0.15) is 0 Å². The number of diazo groups is 1. The van der Waals surface area contributed by atoms with Gasteiger partial charge in [-0.05, 0) is 48.0 Å². The van der Waals surface area contributed by atoms with E-state index < -0.39 is 17.0 Å². The van der Waals surface area contributed by atoms with Gasteiger partial charge in [0.15, 0.2) is 4.98 Å². The van der Waals surface area contributed by atoms with E-state index in [1.807, 2.05) is 24.3 Å². The number of ether oxygens (including phenoxy) is 1. The van der Waals surface area contributed by atoms with Gasteiger partial charge in [0.1, 0.15) is 10.4 Å². The SMILES string of the molecule is COc1ccc(-n2c([O-])c([N+]#N)c(=O)c3sc(-c4ccc(Br)cc4)cc32)cc1. The minimum Gasteiger partial charge on any atom is -0.854 e. The van der Waals surface area contributed by atoms with Gasteiger partial charge in [0.05, 0.1) is 18.5 Å². The third kappa shape index (κ3) is 2.95. The van der Waals surface area contributed by atoms with Crippen LogP contribution in [0.25, 0.3) is 31.3 Å². The molecule has 28 heavy (non-hydrogen) atoms. The Bertz CT molecular complexity index is 1290. The molecule has 2 aromatic carbocycles. The Kier molecular flexibility index (Phi) is 4.63. The van der Waals surface area contributed by atoms with Gasteiger partial charge >= 0.3 is 5.69 Å². The van der Waals surface area contributed by atoms with E-state index in [1.54, 1.807) is 37.4 Å². The van der Waals surface area contributed by atoms with Crippen molar-refractivity contribution in [2.24, 2.45) is 0 Å². The highest BCUT2D eigenvalue weighted by molar-refractivity contribution is 9.10. The van der Waals surface area contributed by atoms with Crippen molar-refractivity contribution in [2.45, 2.75) is 0 Å². The van der Waals surface area contributed by atoms with Crippen molar-refractivity contribution >= 4 is 43.2 Å². The molecule has 0 fully saturated rings. The van der Waals surface area contributed by atoms with Gasteiger partial charge in [-0.2, -0.15) is 0 Å². The molecular formula is C20H12BrN3O3S. The molecule has 0 aliphatic heterocycles. The van der Waals surface area contributed by atoms with Gasteiger partial charge in [0, 0.05) is 15.0 Å². The topological polar surface area (TPSA) is 82.4 Å². The molecule has 0 aliphatic rings. The minimum absolute atomic E-state index is 0.348. The third-order valence-electron chi connectivity index (χ3n) is 4.34. The van der Waals surface area contributed by atoms with E-state index in [-0.39, 0.29) is 0 Å². The Morgan fingerprint density at radius 3 is 2.43 bits per heavy atom. The van der Waals surface area contributed by atoms with Gasteiger partial charge in [-0.1, -0.05) is 28.1 Å². The summed E-state index contributed by atoms with van der Waals surface area (Å²) in [4.78, 5) is 16.5. The van der Waals surface area contributed by atoms with E-state index in [2.05, 4.69) is 20.9 Å². The first-order valence-electron chi connectivity index (χ1n) is 8.18. The van der Waals surface area contributed by atoms with Crippen LogP contribution in [0.5, 0.6) is 11.6 Å². The predicted octanol–water partition coefficient (Wildman–Crippen LogP) is 5.05. The molecule has 0 spiro atoms. The van der Waals surface area contributed by atoms with Crippen molar-refractivity contribution in [2.75, 3.05) is 7.11 Å². The fourth-order valence-electron chi connectivity index (χ4n) is 2.96. The van der Waals surface area contributed by atoms with Gasteiger partial charge < -0.3 is 14.4 Å². The number of thiophene rings is 1. The molecule has 0 radical (unpaired) electrons. The van der Waals surface area contributed by atoms with Crippen LogP contribution >= 0.6 is 27.3 Å². The number of hydrogen-bond donors (Lipinski definition) is 0. The number of benzene rings is 2. The van der Waals surface area contributed by atoms with E-state index in [4.69, 9.17) is 4.74 Å². The highest BCUT2D eigenvalue weighted by Crippen LogP contribution is 2.37. The average Bonchev–Trinajstić information content (AvgIpc) is 3.15. The maximum atomic E-state index is 12.9. The number of pyridine rings is 1. The summed E-state index contributed by atoms with van der Waals surface area (Å²) in [7, 11) is 1.55. The monoisotopic (exact) mass is 453 g/mol. The van der Waals surface area contributed by atoms with Gasteiger partial charge in [-0.25, -0.2) is 0 Å². The van der Waals surface area contributed by atoms with Crippen molar-refractivity contribution in [3.8, 4) is 27.8 Å². The minimum atomic E-state index is -0.676. The molecule has 0 amide bonds.